The Hall–Kier alpha value is -1.54. The fourth-order valence-corrected chi connectivity index (χ4v) is 8.88. The zero-order valence-electron chi connectivity index (χ0n) is 17.6. The molecular weight excluding hydrogens is 404 g/mol. The number of carbonyl (C=O) groups is 3. The lowest BCUT2D eigenvalue weighted by Gasteiger charge is -2.41. The Labute approximate surface area is 181 Å². The van der Waals surface area contributed by atoms with Crippen molar-refractivity contribution >= 4 is 29.5 Å². The number of carbonyl (C=O) groups excluding carboxylic acids is 2. The number of amides is 2. The number of β-amino-alcohol motifs (C(OH)–C–C–N with tert-alkyl or cyclic N) is 1. The van der Waals surface area contributed by atoms with Crippen LogP contribution in [0, 0.1) is 11.8 Å². The smallest absolute Gasteiger partial charge is 0.308 e. The standard InChI is InChI=1S/C22H32N2O5S/c1-3-11-23(14-7-5-4-6-8-14)19(27)17-22-10-9-21(2,30-22)16(20(28)29)15(22)18(26)24(17)12-13-25/h3,14-17,25H,1,4-13H2,2H3,(H,28,29)/t15-,16-,17?,21+,22?/m0/s1. The molecule has 3 aliphatic heterocycles. The molecule has 2 amide bonds. The summed E-state index contributed by atoms with van der Waals surface area (Å²) in [6, 6.07) is -0.597. The monoisotopic (exact) mass is 436 g/mol. The molecule has 0 aromatic carbocycles. The maximum atomic E-state index is 14.0. The number of rotatable bonds is 7. The molecule has 3 saturated heterocycles. The van der Waals surface area contributed by atoms with Crippen LogP contribution >= 0.6 is 11.8 Å². The maximum absolute atomic E-state index is 14.0. The van der Waals surface area contributed by atoms with E-state index in [1.807, 2.05) is 11.8 Å². The van der Waals surface area contributed by atoms with Gasteiger partial charge in [0.2, 0.25) is 11.8 Å². The third kappa shape index (κ3) is 3.01. The van der Waals surface area contributed by atoms with Gasteiger partial charge in [-0.1, -0.05) is 25.3 Å². The van der Waals surface area contributed by atoms with Gasteiger partial charge in [0, 0.05) is 23.9 Å². The van der Waals surface area contributed by atoms with E-state index in [0.717, 1.165) is 25.7 Å². The van der Waals surface area contributed by atoms with Crippen molar-refractivity contribution < 1.29 is 24.6 Å². The average molecular weight is 437 g/mol. The number of thioether (sulfide) groups is 1. The molecule has 1 spiro atoms. The number of aliphatic hydroxyl groups is 1. The van der Waals surface area contributed by atoms with E-state index in [4.69, 9.17) is 0 Å². The Morgan fingerprint density at radius 1 is 1.30 bits per heavy atom. The fraction of sp³-hybridized carbons (Fsp3) is 0.773. The second kappa shape index (κ2) is 7.86. The van der Waals surface area contributed by atoms with Crippen molar-refractivity contribution in [2.45, 2.75) is 73.4 Å². The molecular formula is C22H32N2O5S. The molecule has 0 aromatic rings. The molecule has 5 atom stereocenters. The summed E-state index contributed by atoms with van der Waals surface area (Å²) in [6.45, 7) is 6.00. The molecule has 0 aromatic heterocycles. The lowest BCUT2D eigenvalue weighted by Crippen LogP contribution is -2.57. The van der Waals surface area contributed by atoms with Gasteiger partial charge in [-0.25, -0.2) is 0 Å². The number of aliphatic hydroxyl groups excluding tert-OH is 1. The summed E-state index contributed by atoms with van der Waals surface area (Å²) >= 11 is 1.54. The van der Waals surface area contributed by atoms with Crippen molar-refractivity contribution in [3.63, 3.8) is 0 Å². The lowest BCUT2D eigenvalue weighted by atomic mass is 9.66. The van der Waals surface area contributed by atoms with E-state index in [9.17, 15) is 24.6 Å². The molecule has 1 aliphatic carbocycles. The number of fused-ring (bicyclic) bond motifs is 1. The zero-order chi connectivity index (χ0) is 21.7. The van der Waals surface area contributed by atoms with Gasteiger partial charge in [0.15, 0.2) is 0 Å². The van der Waals surface area contributed by atoms with Crippen LogP contribution in [0.5, 0.6) is 0 Å². The van der Waals surface area contributed by atoms with E-state index in [2.05, 4.69) is 6.58 Å². The highest BCUT2D eigenvalue weighted by atomic mass is 32.2. The van der Waals surface area contributed by atoms with E-state index in [1.165, 1.54) is 11.3 Å². The van der Waals surface area contributed by atoms with Gasteiger partial charge in [-0.3, -0.25) is 14.4 Å². The number of likely N-dealkylation sites (tertiary alicyclic amines) is 1. The van der Waals surface area contributed by atoms with Crippen LogP contribution in [0.2, 0.25) is 0 Å². The van der Waals surface area contributed by atoms with Crippen LogP contribution in [0.15, 0.2) is 12.7 Å². The first-order valence-electron chi connectivity index (χ1n) is 11.1. The van der Waals surface area contributed by atoms with Crippen LogP contribution in [0.3, 0.4) is 0 Å². The summed E-state index contributed by atoms with van der Waals surface area (Å²) < 4.78 is -1.26. The van der Waals surface area contributed by atoms with E-state index in [1.54, 1.807) is 17.8 Å². The third-order valence-electron chi connectivity index (χ3n) is 7.74. The molecule has 4 fully saturated rings. The minimum Gasteiger partial charge on any atom is -0.481 e. The number of aliphatic carboxylic acids is 1. The second-order valence-electron chi connectivity index (χ2n) is 9.39. The van der Waals surface area contributed by atoms with Crippen molar-refractivity contribution in [2.24, 2.45) is 11.8 Å². The van der Waals surface area contributed by atoms with Gasteiger partial charge < -0.3 is 20.0 Å². The summed E-state index contributed by atoms with van der Waals surface area (Å²) in [5.74, 6) is -2.86. The van der Waals surface area contributed by atoms with E-state index in [0.29, 0.717) is 19.4 Å². The molecule has 2 N–H and O–H groups in total. The molecule has 166 valence electrons. The largest absolute Gasteiger partial charge is 0.481 e. The molecule has 8 heteroatoms. The van der Waals surface area contributed by atoms with E-state index in [-0.39, 0.29) is 31.0 Å². The Morgan fingerprint density at radius 3 is 2.60 bits per heavy atom. The Bertz CT molecular complexity index is 754. The van der Waals surface area contributed by atoms with E-state index < -0.39 is 33.3 Å². The van der Waals surface area contributed by atoms with Gasteiger partial charge >= 0.3 is 5.97 Å². The van der Waals surface area contributed by atoms with Crippen molar-refractivity contribution in [2.75, 3.05) is 19.7 Å². The highest BCUT2D eigenvalue weighted by molar-refractivity contribution is 8.02. The summed E-state index contributed by atoms with van der Waals surface area (Å²) in [4.78, 5) is 43.0. The first-order chi connectivity index (χ1) is 14.3. The van der Waals surface area contributed by atoms with E-state index >= 15 is 0 Å². The fourth-order valence-electron chi connectivity index (χ4n) is 6.54. The van der Waals surface area contributed by atoms with Crippen molar-refractivity contribution in [1.82, 2.24) is 9.80 Å². The van der Waals surface area contributed by atoms with Crippen LogP contribution in [0.1, 0.15) is 51.9 Å². The minimum atomic E-state index is -0.961. The Morgan fingerprint density at radius 2 is 2.00 bits per heavy atom. The van der Waals surface area contributed by atoms with Crippen molar-refractivity contribution in [3.05, 3.63) is 12.7 Å². The molecule has 2 bridgehead atoms. The lowest BCUT2D eigenvalue weighted by molar-refractivity contribution is -0.150. The number of hydrogen-bond acceptors (Lipinski definition) is 5. The van der Waals surface area contributed by atoms with Gasteiger partial charge in [-0.05, 0) is 32.6 Å². The van der Waals surface area contributed by atoms with Gasteiger partial charge in [0.1, 0.15) is 6.04 Å². The molecule has 30 heavy (non-hydrogen) atoms. The maximum Gasteiger partial charge on any atom is 0.308 e. The average Bonchev–Trinajstić information content (AvgIpc) is 3.28. The SMILES string of the molecule is C=CCN(C(=O)C1N(CCO)C(=O)[C@@H]2[C@@H](C(=O)O)[C@@]3(C)CCC12S3)C1CCCCC1. The topological polar surface area (TPSA) is 98.2 Å². The van der Waals surface area contributed by atoms with Gasteiger partial charge in [0.25, 0.3) is 0 Å². The molecule has 4 aliphatic rings. The summed E-state index contributed by atoms with van der Waals surface area (Å²) in [6.07, 6.45) is 8.29. The zero-order valence-corrected chi connectivity index (χ0v) is 18.4. The summed E-state index contributed by atoms with van der Waals surface area (Å²) in [5.41, 5.74) is 0. The molecule has 3 heterocycles. The highest BCUT2D eigenvalue weighted by Gasteiger charge is 2.77. The van der Waals surface area contributed by atoms with Crippen LogP contribution in [-0.2, 0) is 14.4 Å². The second-order valence-corrected chi connectivity index (χ2v) is 11.3. The quantitative estimate of drug-likeness (QED) is 0.592. The molecule has 1 saturated carbocycles. The summed E-state index contributed by atoms with van der Waals surface area (Å²) in [7, 11) is 0. The Kier molecular flexibility index (Phi) is 5.68. The predicted molar refractivity (Wildman–Crippen MR) is 114 cm³/mol. The molecule has 4 rings (SSSR count). The van der Waals surface area contributed by atoms with Crippen molar-refractivity contribution in [3.8, 4) is 0 Å². The first kappa shape index (κ1) is 21.7. The number of nitrogens with zero attached hydrogens (tertiary/aromatic N) is 2. The molecule has 7 nitrogen and oxygen atoms in total. The normalized spacial score (nSPS) is 38.0. The summed E-state index contributed by atoms with van der Waals surface area (Å²) in [5, 5.41) is 19.6. The van der Waals surface area contributed by atoms with Gasteiger partial charge in [-0.2, -0.15) is 0 Å². The highest BCUT2D eigenvalue weighted by Crippen LogP contribution is 2.71. The number of carboxylic acids is 1. The predicted octanol–water partition coefficient (Wildman–Crippen LogP) is 1.89. The minimum absolute atomic E-state index is 0.0592. The van der Waals surface area contributed by atoms with Crippen LogP contribution in [0.4, 0.5) is 0 Å². The number of carboxylic acid groups (broad SMARTS) is 1. The van der Waals surface area contributed by atoms with Crippen molar-refractivity contribution in [1.29, 1.82) is 0 Å². The van der Waals surface area contributed by atoms with Crippen LogP contribution < -0.4 is 0 Å². The first-order valence-corrected chi connectivity index (χ1v) is 11.9. The number of hydrogen-bond donors (Lipinski definition) is 2. The third-order valence-corrected chi connectivity index (χ3v) is 9.73. The van der Waals surface area contributed by atoms with Crippen LogP contribution in [0.25, 0.3) is 0 Å². The van der Waals surface area contributed by atoms with Gasteiger partial charge in [-0.15, -0.1) is 18.3 Å². The molecule has 2 unspecified atom stereocenters. The Balaban J connectivity index is 1.74. The molecule has 0 radical (unpaired) electrons. The van der Waals surface area contributed by atoms with Gasteiger partial charge in [0.05, 0.1) is 23.2 Å². The van der Waals surface area contributed by atoms with Crippen LogP contribution in [-0.4, -0.2) is 79.1 Å².